The van der Waals surface area contributed by atoms with Crippen LogP contribution in [-0.2, 0) is 13.0 Å². The van der Waals surface area contributed by atoms with Gasteiger partial charge in [0, 0.05) is 37.5 Å². The average Bonchev–Trinajstić information content (AvgIpc) is 2.44. The number of hydrogen-bond acceptors (Lipinski definition) is 4. The number of aromatic nitrogens is 1. The summed E-state index contributed by atoms with van der Waals surface area (Å²) in [6, 6.07) is 0. The lowest BCUT2D eigenvalue weighted by Gasteiger charge is -2.24. The molecule has 3 nitrogen and oxygen atoms in total. The van der Waals surface area contributed by atoms with Crippen molar-refractivity contribution in [3.8, 4) is 0 Å². The molecule has 0 saturated heterocycles. The molecule has 13 heavy (non-hydrogen) atoms. The minimum absolute atomic E-state index is 0.757. The second-order valence-corrected chi connectivity index (χ2v) is 4.71. The molecule has 0 unspecified atom stereocenters. The SMILES string of the molecule is Cc1nc2c(s1)CN(CCN)CC2. The van der Waals surface area contributed by atoms with Gasteiger partial charge in [-0.1, -0.05) is 0 Å². The third kappa shape index (κ3) is 1.90. The van der Waals surface area contributed by atoms with Crippen LogP contribution in [0.3, 0.4) is 0 Å². The summed E-state index contributed by atoms with van der Waals surface area (Å²) in [5.41, 5.74) is 6.85. The molecule has 2 heterocycles. The molecule has 0 radical (unpaired) electrons. The Morgan fingerprint density at radius 2 is 2.46 bits per heavy atom. The zero-order chi connectivity index (χ0) is 9.26. The predicted octanol–water partition coefficient (Wildman–Crippen LogP) is 0.768. The Labute approximate surface area is 82.6 Å². The van der Waals surface area contributed by atoms with Gasteiger partial charge in [0.1, 0.15) is 0 Å². The van der Waals surface area contributed by atoms with E-state index in [0.29, 0.717) is 0 Å². The van der Waals surface area contributed by atoms with Gasteiger partial charge in [-0.15, -0.1) is 11.3 Å². The topological polar surface area (TPSA) is 42.2 Å². The van der Waals surface area contributed by atoms with E-state index in [1.165, 1.54) is 15.6 Å². The Balaban J connectivity index is 2.10. The number of fused-ring (bicyclic) bond motifs is 1. The summed E-state index contributed by atoms with van der Waals surface area (Å²) in [5.74, 6) is 0. The van der Waals surface area contributed by atoms with Crippen molar-refractivity contribution in [2.24, 2.45) is 5.73 Å². The van der Waals surface area contributed by atoms with E-state index in [9.17, 15) is 0 Å². The van der Waals surface area contributed by atoms with Crippen molar-refractivity contribution in [2.75, 3.05) is 19.6 Å². The van der Waals surface area contributed by atoms with Crippen molar-refractivity contribution >= 4 is 11.3 Å². The monoisotopic (exact) mass is 197 g/mol. The highest BCUT2D eigenvalue weighted by Gasteiger charge is 2.18. The van der Waals surface area contributed by atoms with Gasteiger partial charge < -0.3 is 5.73 Å². The number of rotatable bonds is 2. The van der Waals surface area contributed by atoms with E-state index in [1.807, 2.05) is 11.3 Å². The van der Waals surface area contributed by atoms with Gasteiger partial charge in [0.2, 0.25) is 0 Å². The van der Waals surface area contributed by atoms with Crippen molar-refractivity contribution in [1.29, 1.82) is 0 Å². The van der Waals surface area contributed by atoms with Gasteiger partial charge in [-0.05, 0) is 6.92 Å². The maximum Gasteiger partial charge on any atom is 0.0900 e. The Bertz CT molecular complexity index is 295. The van der Waals surface area contributed by atoms with Crippen molar-refractivity contribution in [3.63, 3.8) is 0 Å². The van der Waals surface area contributed by atoms with Crippen LogP contribution in [0, 0.1) is 6.92 Å². The van der Waals surface area contributed by atoms with Gasteiger partial charge in [0.05, 0.1) is 10.7 Å². The van der Waals surface area contributed by atoms with Crippen molar-refractivity contribution < 1.29 is 0 Å². The standard InChI is InChI=1S/C9H15N3S/c1-7-11-8-2-4-12(5-3-10)6-9(8)13-7/h2-6,10H2,1H3. The normalized spacial score (nSPS) is 17.4. The van der Waals surface area contributed by atoms with Gasteiger partial charge in [-0.2, -0.15) is 0 Å². The quantitative estimate of drug-likeness (QED) is 0.761. The molecule has 72 valence electrons. The molecule has 0 amide bonds. The lowest BCUT2D eigenvalue weighted by atomic mass is 10.2. The van der Waals surface area contributed by atoms with Crippen molar-refractivity contribution in [1.82, 2.24) is 9.88 Å². The third-order valence-electron chi connectivity index (χ3n) is 2.36. The first-order chi connectivity index (χ1) is 6.29. The van der Waals surface area contributed by atoms with Crippen LogP contribution >= 0.6 is 11.3 Å². The van der Waals surface area contributed by atoms with Crippen LogP contribution in [0.5, 0.6) is 0 Å². The summed E-state index contributed by atoms with van der Waals surface area (Å²) in [6.45, 7) is 6.02. The van der Waals surface area contributed by atoms with E-state index in [2.05, 4.69) is 16.8 Å². The largest absolute Gasteiger partial charge is 0.329 e. The molecule has 2 N–H and O–H groups in total. The lowest BCUT2D eigenvalue weighted by molar-refractivity contribution is 0.263. The van der Waals surface area contributed by atoms with Crippen LogP contribution in [0.1, 0.15) is 15.6 Å². The summed E-state index contributed by atoms with van der Waals surface area (Å²) in [5, 5.41) is 1.19. The Morgan fingerprint density at radius 3 is 3.23 bits per heavy atom. The summed E-state index contributed by atoms with van der Waals surface area (Å²) >= 11 is 1.83. The summed E-state index contributed by atoms with van der Waals surface area (Å²) < 4.78 is 0. The summed E-state index contributed by atoms with van der Waals surface area (Å²) in [4.78, 5) is 8.35. The maximum atomic E-state index is 5.53. The van der Waals surface area contributed by atoms with Gasteiger partial charge >= 0.3 is 0 Å². The number of thiazole rings is 1. The lowest BCUT2D eigenvalue weighted by Crippen LogP contribution is -2.33. The fraction of sp³-hybridized carbons (Fsp3) is 0.667. The number of nitrogens with zero attached hydrogens (tertiary/aromatic N) is 2. The van der Waals surface area contributed by atoms with Crippen LogP contribution in [0.15, 0.2) is 0 Å². The highest BCUT2D eigenvalue weighted by atomic mass is 32.1. The first-order valence-corrected chi connectivity index (χ1v) is 5.49. The van der Waals surface area contributed by atoms with Crippen LogP contribution in [0.4, 0.5) is 0 Å². The van der Waals surface area contributed by atoms with Crippen LogP contribution in [-0.4, -0.2) is 29.5 Å². The summed E-state index contributed by atoms with van der Waals surface area (Å²) in [7, 11) is 0. The van der Waals surface area contributed by atoms with Crippen LogP contribution in [0.25, 0.3) is 0 Å². The van der Waals surface area contributed by atoms with Gasteiger partial charge in [-0.25, -0.2) is 4.98 Å². The first kappa shape index (κ1) is 9.12. The molecular weight excluding hydrogens is 182 g/mol. The molecule has 1 aromatic heterocycles. The van der Waals surface area contributed by atoms with Crippen LogP contribution in [0.2, 0.25) is 0 Å². The van der Waals surface area contributed by atoms with E-state index >= 15 is 0 Å². The van der Waals surface area contributed by atoms with E-state index in [1.54, 1.807) is 0 Å². The third-order valence-corrected chi connectivity index (χ3v) is 3.36. The summed E-state index contributed by atoms with van der Waals surface area (Å²) in [6.07, 6.45) is 1.10. The maximum absolute atomic E-state index is 5.53. The van der Waals surface area contributed by atoms with Crippen molar-refractivity contribution in [3.05, 3.63) is 15.6 Å². The Morgan fingerprint density at radius 1 is 1.62 bits per heavy atom. The first-order valence-electron chi connectivity index (χ1n) is 4.67. The molecular formula is C9H15N3S. The van der Waals surface area contributed by atoms with E-state index < -0.39 is 0 Å². The molecule has 2 rings (SSSR count). The van der Waals surface area contributed by atoms with Crippen molar-refractivity contribution in [2.45, 2.75) is 19.9 Å². The molecule has 0 fully saturated rings. The Hall–Kier alpha value is -0.450. The van der Waals surface area contributed by atoms with Gasteiger partial charge in [0.25, 0.3) is 0 Å². The molecule has 0 aromatic carbocycles. The molecule has 4 heteroatoms. The molecule has 0 atom stereocenters. The van der Waals surface area contributed by atoms with E-state index in [0.717, 1.165) is 32.6 Å². The van der Waals surface area contributed by atoms with Gasteiger partial charge in [0.15, 0.2) is 0 Å². The molecule has 0 bridgehead atoms. The number of aryl methyl sites for hydroxylation is 1. The van der Waals surface area contributed by atoms with E-state index in [-0.39, 0.29) is 0 Å². The van der Waals surface area contributed by atoms with E-state index in [4.69, 9.17) is 5.73 Å². The second-order valence-electron chi connectivity index (χ2n) is 3.42. The second kappa shape index (κ2) is 3.74. The number of nitrogens with two attached hydrogens (primary N) is 1. The average molecular weight is 197 g/mol. The molecule has 0 saturated carbocycles. The molecule has 0 spiro atoms. The Kier molecular flexibility index (Phi) is 2.62. The highest BCUT2D eigenvalue weighted by Crippen LogP contribution is 2.24. The van der Waals surface area contributed by atoms with Crippen LogP contribution < -0.4 is 5.73 Å². The molecule has 1 aliphatic rings. The smallest absolute Gasteiger partial charge is 0.0900 e. The zero-order valence-corrected chi connectivity index (χ0v) is 8.73. The predicted molar refractivity (Wildman–Crippen MR) is 54.9 cm³/mol. The number of hydrogen-bond donors (Lipinski definition) is 1. The minimum atomic E-state index is 0.757. The fourth-order valence-electron chi connectivity index (χ4n) is 1.75. The highest BCUT2D eigenvalue weighted by molar-refractivity contribution is 7.11. The minimum Gasteiger partial charge on any atom is -0.329 e. The molecule has 1 aromatic rings. The fourth-order valence-corrected chi connectivity index (χ4v) is 2.78. The molecule has 1 aliphatic heterocycles. The zero-order valence-electron chi connectivity index (χ0n) is 7.92. The van der Waals surface area contributed by atoms with Gasteiger partial charge in [-0.3, -0.25) is 4.90 Å². The molecule has 0 aliphatic carbocycles.